The summed E-state index contributed by atoms with van der Waals surface area (Å²) in [6.45, 7) is 3.05. The van der Waals surface area contributed by atoms with Crippen molar-refractivity contribution < 1.29 is 28.5 Å². The molecule has 0 saturated carbocycles. The fourth-order valence-corrected chi connectivity index (χ4v) is 3.98. The molecule has 1 aromatic rings. The quantitative estimate of drug-likeness (QED) is 0.725. The lowest BCUT2D eigenvalue weighted by Crippen LogP contribution is -2.63. The number of piperidine rings is 1. The fraction of sp³-hybridized carbons (Fsp3) is 0.429. The third kappa shape index (κ3) is 2.83. The number of rotatable bonds is 2. The maximum atomic E-state index is 11.0. The third-order valence-corrected chi connectivity index (χ3v) is 4.81. The first kappa shape index (κ1) is 15.2. The smallest absolute Gasteiger partial charge is 0.248 e. The first-order chi connectivity index (χ1) is 9.76. The second kappa shape index (κ2) is 5.21. The summed E-state index contributed by atoms with van der Waals surface area (Å²) in [5.74, 6) is 0.0133. The molecule has 0 spiro atoms. The number of fused-ring (bicyclic) bond motifs is 3. The Bertz CT molecular complexity index is 611. The van der Waals surface area contributed by atoms with Gasteiger partial charge in [-0.15, -0.1) is 0 Å². The van der Waals surface area contributed by atoms with Gasteiger partial charge in [0.1, 0.15) is 0 Å². The Kier molecular flexibility index (Phi) is 3.78. The van der Waals surface area contributed by atoms with Gasteiger partial charge in [-0.2, -0.15) is 14.0 Å². The molecule has 0 N–H and O–H groups in total. The van der Waals surface area contributed by atoms with E-state index in [-0.39, 0.29) is 5.92 Å². The van der Waals surface area contributed by atoms with E-state index < -0.39 is 16.3 Å². The van der Waals surface area contributed by atoms with Crippen LogP contribution in [0.4, 0.5) is 0 Å². The van der Waals surface area contributed by atoms with Crippen LogP contribution in [-0.4, -0.2) is 31.1 Å². The number of allylic oxidation sites excluding steroid dienone is 1. The molecule has 2 atom stereocenters. The molecule has 7 heteroatoms. The van der Waals surface area contributed by atoms with Crippen LogP contribution in [0.3, 0.4) is 0 Å². The first-order valence-electron chi connectivity index (χ1n) is 6.54. The van der Waals surface area contributed by atoms with Crippen LogP contribution in [0.2, 0.25) is 5.02 Å². The summed E-state index contributed by atoms with van der Waals surface area (Å²) in [5, 5.41) is 0.642. The van der Waals surface area contributed by atoms with Gasteiger partial charge in [-0.1, -0.05) is 17.7 Å². The van der Waals surface area contributed by atoms with Crippen LogP contribution < -0.4 is 14.0 Å². The van der Waals surface area contributed by atoms with Crippen molar-refractivity contribution in [1.82, 2.24) is 4.90 Å². The van der Waals surface area contributed by atoms with Crippen molar-refractivity contribution in [3.05, 3.63) is 39.9 Å². The highest BCUT2D eigenvalue weighted by Gasteiger charge is 2.45. The molecular formula is C14H15Cl2NO4. The van der Waals surface area contributed by atoms with Gasteiger partial charge in [0.2, 0.25) is 6.10 Å². The van der Waals surface area contributed by atoms with E-state index in [4.69, 9.17) is 15.9 Å². The average molecular weight is 332 g/mol. The molecule has 114 valence electrons. The van der Waals surface area contributed by atoms with Gasteiger partial charge in [0.05, 0.1) is 14.5 Å². The third-order valence-electron chi connectivity index (χ3n) is 4.14. The van der Waals surface area contributed by atoms with Gasteiger partial charge in [0.15, 0.2) is 0 Å². The van der Waals surface area contributed by atoms with Crippen LogP contribution in [0, 0.1) is 10.2 Å². The summed E-state index contributed by atoms with van der Waals surface area (Å²) in [6.07, 6.45) is -0.746. The van der Waals surface area contributed by atoms with Gasteiger partial charge in [0.25, 0.3) is 0 Å². The minimum absolute atomic E-state index is 0.0133. The van der Waals surface area contributed by atoms with E-state index in [0.717, 1.165) is 28.8 Å². The highest BCUT2D eigenvalue weighted by atomic mass is 35.7. The summed E-state index contributed by atoms with van der Waals surface area (Å²) in [4.78, 5) is 1.96. The molecule has 0 bridgehead atoms. The molecule has 1 aliphatic heterocycles. The molecule has 1 aliphatic carbocycles. The van der Waals surface area contributed by atoms with Crippen molar-refractivity contribution in [3.63, 3.8) is 0 Å². The molecule has 2 unspecified atom stereocenters. The van der Waals surface area contributed by atoms with Crippen LogP contribution >= 0.6 is 11.6 Å². The summed E-state index contributed by atoms with van der Waals surface area (Å²) in [7, 11) is -2.58. The van der Waals surface area contributed by atoms with E-state index in [0.29, 0.717) is 11.6 Å². The van der Waals surface area contributed by atoms with E-state index in [1.54, 1.807) is 0 Å². The van der Waals surface area contributed by atoms with Crippen molar-refractivity contribution >= 4 is 17.2 Å². The Morgan fingerprint density at radius 1 is 1.29 bits per heavy atom. The topological polar surface area (TPSA) is 81.6 Å². The number of halogens is 2. The van der Waals surface area contributed by atoms with Crippen LogP contribution in [-0.2, 0) is 4.29 Å². The first-order valence-corrected chi connectivity index (χ1v) is 8.15. The minimum atomic E-state index is -4.46. The van der Waals surface area contributed by atoms with Crippen LogP contribution in [0.5, 0.6) is 0 Å². The lowest BCUT2D eigenvalue weighted by molar-refractivity contribution is -1.92. The van der Waals surface area contributed by atoms with E-state index in [9.17, 15) is 14.0 Å². The standard InChI is InChI=1S/C14H15Cl2NO4/c1-8-10-4-3-9(15)5-11(10)12-6-17(2)7-13(14(8)12)21-16(18,19)20/h3-5,12-13H,6-7H2,1-2H3. The summed E-state index contributed by atoms with van der Waals surface area (Å²) in [6, 6.07) is 5.64. The van der Waals surface area contributed by atoms with Crippen LogP contribution in [0.25, 0.3) is 5.57 Å². The van der Waals surface area contributed by atoms with Crippen molar-refractivity contribution in [1.29, 1.82) is 0 Å². The van der Waals surface area contributed by atoms with E-state index >= 15 is 0 Å². The average Bonchev–Trinajstić information content (AvgIpc) is 2.60. The summed E-state index contributed by atoms with van der Waals surface area (Å²) in [5.41, 5.74) is 3.96. The van der Waals surface area contributed by atoms with Gasteiger partial charge < -0.3 is 4.90 Å². The largest absolute Gasteiger partial charge is 0.302 e. The summed E-state index contributed by atoms with van der Waals surface area (Å²) < 4.78 is 37.6. The Balaban J connectivity index is 2.04. The number of hydrogen-bond donors (Lipinski definition) is 0. The van der Waals surface area contributed by atoms with Gasteiger partial charge in [0, 0.05) is 24.0 Å². The number of likely N-dealkylation sites (N-methyl/N-ethyl adjacent to an activating group) is 1. The number of nitrogens with zero attached hydrogens (tertiary/aromatic N) is 1. The normalized spacial score (nSPS) is 26.0. The Hall–Kier alpha value is -0.660. The van der Waals surface area contributed by atoms with Crippen LogP contribution in [0.1, 0.15) is 24.0 Å². The second-order valence-electron chi connectivity index (χ2n) is 5.54. The minimum Gasteiger partial charge on any atom is -0.302 e. The maximum Gasteiger partial charge on any atom is 0.248 e. The van der Waals surface area contributed by atoms with E-state index in [2.05, 4.69) is 0 Å². The van der Waals surface area contributed by atoms with Crippen LogP contribution in [0.15, 0.2) is 23.8 Å². The lowest BCUT2D eigenvalue weighted by atomic mass is 9.88. The molecule has 21 heavy (non-hydrogen) atoms. The van der Waals surface area contributed by atoms with Gasteiger partial charge in [-0.25, -0.2) is 0 Å². The van der Waals surface area contributed by atoms with Gasteiger partial charge in [-0.05, 0) is 48.4 Å². The van der Waals surface area contributed by atoms with Crippen molar-refractivity contribution in [3.8, 4) is 0 Å². The predicted octanol–water partition coefficient (Wildman–Crippen LogP) is -0.561. The monoisotopic (exact) mass is 331 g/mol. The molecule has 0 aromatic heterocycles. The number of likely N-dealkylation sites (tertiary alicyclic amines) is 1. The Morgan fingerprint density at radius 3 is 2.67 bits per heavy atom. The zero-order chi connectivity index (χ0) is 15.4. The van der Waals surface area contributed by atoms with Crippen molar-refractivity contribution in [2.75, 3.05) is 20.1 Å². The number of benzene rings is 1. The molecule has 1 saturated heterocycles. The maximum absolute atomic E-state index is 11.0. The van der Waals surface area contributed by atoms with E-state index in [1.165, 1.54) is 0 Å². The Labute approximate surface area is 130 Å². The summed E-state index contributed by atoms with van der Waals surface area (Å²) >= 11 is 6.07. The fourth-order valence-electron chi connectivity index (χ4n) is 3.39. The molecule has 1 heterocycles. The molecule has 2 aliphatic rings. The second-order valence-corrected chi connectivity index (χ2v) is 6.91. The van der Waals surface area contributed by atoms with Crippen molar-refractivity contribution in [2.24, 2.45) is 0 Å². The molecule has 0 amide bonds. The lowest BCUT2D eigenvalue weighted by Gasteiger charge is -2.34. The molecule has 1 aromatic carbocycles. The Morgan fingerprint density at radius 2 is 2.00 bits per heavy atom. The number of hydrogen-bond acceptors (Lipinski definition) is 5. The zero-order valence-electron chi connectivity index (χ0n) is 11.6. The molecule has 0 radical (unpaired) electrons. The molecule has 5 nitrogen and oxygen atoms in total. The van der Waals surface area contributed by atoms with Gasteiger partial charge in [-0.3, -0.25) is 0 Å². The molecule has 3 rings (SSSR count). The molecular weight excluding hydrogens is 317 g/mol. The van der Waals surface area contributed by atoms with Crippen molar-refractivity contribution in [2.45, 2.75) is 18.9 Å². The predicted molar refractivity (Wildman–Crippen MR) is 69.2 cm³/mol. The zero-order valence-corrected chi connectivity index (χ0v) is 13.1. The van der Waals surface area contributed by atoms with Gasteiger partial charge >= 0.3 is 0 Å². The van der Waals surface area contributed by atoms with E-state index in [1.807, 2.05) is 37.1 Å². The SMILES string of the molecule is CC1=C2C(O[Cl+3]([O-])([O-])[O-])CN(C)CC2c2cc(Cl)ccc21. The molecule has 1 fully saturated rings. The highest BCUT2D eigenvalue weighted by Crippen LogP contribution is 2.47. The highest BCUT2D eigenvalue weighted by molar-refractivity contribution is 6.30.